The van der Waals surface area contributed by atoms with Crippen molar-refractivity contribution < 1.29 is 22.4 Å². The van der Waals surface area contributed by atoms with E-state index in [0.29, 0.717) is 43.2 Å². The Balaban J connectivity index is 1.46. The maximum Gasteiger partial charge on any atom is 0.416 e. The summed E-state index contributed by atoms with van der Waals surface area (Å²) in [6, 6.07) is 2.09. The van der Waals surface area contributed by atoms with Gasteiger partial charge in [-0.25, -0.2) is 14.1 Å². The number of nitrogens with one attached hydrogen (secondary N) is 1. The maximum atomic E-state index is 14.2. The van der Waals surface area contributed by atoms with E-state index in [1.165, 1.54) is 6.33 Å². The summed E-state index contributed by atoms with van der Waals surface area (Å²) < 4.78 is 55.1. The number of anilines is 1. The molecular formula is C20H20F4N4O. The number of benzene rings is 1. The fraction of sp³-hybridized carbons (Fsp3) is 0.550. The van der Waals surface area contributed by atoms with Gasteiger partial charge in [-0.2, -0.15) is 18.3 Å². The number of hydrogen-bond donors (Lipinski definition) is 1. The zero-order valence-electron chi connectivity index (χ0n) is 15.5. The van der Waals surface area contributed by atoms with E-state index in [1.54, 1.807) is 6.33 Å². The van der Waals surface area contributed by atoms with Crippen LogP contribution in [0, 0.1) is 23.1 Å². The van der Waals surface area contributed by atoms with Crippen molar-refractivity contribution >= 4 is 11.6 Å². The van der Waals surface area contributed by atoms with E-state index in [1.807, 2.05) is 4.68 Å². The molecular weight excluding hydrogens is 388 g/mol. The van der Waals surface area contributed by atoms with Gasteiger partial charge in [0.2, 0.25) is 5.91 Å². The Bertz CT molecular complexity index is 942. The minimum absolute atomic E-state index is 0.301. The van der Waals surface area contributed by atoms with Crippen LogP contribution in [0.3, 0.4) is 0 Å². The van der Waals surface area contributed by atoms with Crippen molar-refractivity contribution in [2.24, 2.45) is 17.3 Å². The van der Waals surface area contributed by atoms with Crippen LogP contribution in [0.2, 0.25) is 0 Å². The topological polar surface area (TPSA) is 59.8 Å². The molecule has 5 nitrogen and oxygen atoms in total. The maximum absolute atomic E-state index is 14.2. The lowest BCUT2D eigenvalue weighted by Crippen LogP contribution is -2.60. The van der Waals surface area contributed by atoms with E-state index < -0.39 is 34.6 Å². The fourth-order valence-electron chi connectivity index (χ4n) is 6.25. The number of alkyl halides is 3. The number of nitrogens with zero attached hydrogens (tertiary/aromatic N) is 3. The molecule has 0 radical (unpaired) electrons. The summed E-state index contributed by atoms with van der Waals surface area (Å²) in [5.74, 6) is -0.577. The lowest BCUT2D eigenvalue weighted by Gasteiger charge is -2.60. The highest BCUT2D eigenvalue weighted by Crippen LogP contribution is 2.64. The van der Waals surface area contributed by atoms with Gasteiger partial charge in [-0.3, -0.25) is 4.79 Å². The Kier molecular flexibility index (Phi) is 3.86. The lowest BCUT2D eigenvalue weighted by molar-refractivity contribution is -0.150. The van der Waals surface area contributed by atoms with Crippen LogP contribution in [0.25, 0.3) is 0 Å². The van der Waals surface area contributed by atoms with Gasteiger partial charge in [0.25, 0.3) is 0 Å². The average Bonchev–Trinajstić information content (AvgIpc) is 3.17. The van der Waals surface area contributed by atoms with Crippen molar-refractivity contribution in [3.05, 3.63) is 42.2 Å². The molecule has 1 N–H and O–H groups in total. The Morgan fingerprint density at radius 3 is 2.52 bits per heavy atom. The standard InChI is InChI=1S/C20H20F4N4O/c21-15-2-1-14(20(22,23)24)4-16(15)27-17(29)18-5-12-3-13(6-18)8-19(7-12,9-18)28-11-25-10-26-28/h1-2,4,10-13H,3,5-9H2,(H,27,29)/t12-,13+,18?,19?. The summed E-state index contributed by atoms with van der Waals surface area (Å²) in [7, 11) is 0. The number of aromatic nitrogens is 3. The van der Waals surface area contributed by atoms with E-state index >= 15 is 0 Å². The molecule has 6 rings (SSSR count). The van der Waals surface area contributed by atoms with Crippen molar-refractivity contribution in [1.82, 2.24) is 14.8 Å². The number of hydrogen-bond acceptors (Lipinski definition) is 3. The number of halogens is 4. The molecule has 29 heavy (non-hydrogen) atoms. The molecule has 1 amide bonds. The molecule has 0 saturated heterocycles. The third-order valence-corrected chi connectivity index (χ3v) is 6.96. The van der Waals surface area contributed by atoms with Gasteiger partial charge in [0, 0.05) is 0 Å². The van der Waals surface area contributed by atoms with Crippen LogP contribution in [0.5, 0.6) is 0 Å². The van der Waals surface area contributed by atoms with Gasteiger partial charge >= 0.3 is 6.18 Å². The highest BCUT2D eigenvalue weighted by molar-refractivity contribution is 5.96. The largest absolute Gasteiger partial charge is 0.416 e. The first-order valence-corrected chi connectivity index (χ1v) is 9.73. The third kappa shape index (κ3) is 2.93. The van der Waals surface area contributed by atoms with E-state index in [0.717, 1.165) is 25.3 Å². The summed E-state index contributed by atoms with van der Waals surface area (Å²) in [5.41, 5.74) is -2.43. The summed E-state index contributed by atoms with van der Waals surface area (Å²) in [6.45, 7) is 0. The van der Waals surface area contributed by atoms with Crippen LogP contribution in [0.15, 0.2) is 30.9 Å². The highest BCUT2D eigenvalue weighted by atomic mass is 19.4. The van der Waals surface area contributed by atoms with E-state index in [9.17, 15) is 22.4 Å². The predicted octanol–water partition coefficient (Wildman–Crippen LogP) is 4.37. The molecule has 0 aliphatic heterocycles. The molecule has 2 aromatic rings. The Morgan fingerprint density at radius 2 is 1.90 bits per heavy atom. The van der Waals surface area contributed by atoms with Gasteiger partial charge in [0.05, 0.1) is 22.2 Å². The van der Waals surface area contributed by atoms with Crippen LogP contribution in [-0.2, 0) is 16.5 Å². The van der Waals surface area contributed by atoms with Gasteiger partial charge in [0.1, 0.15) is 18.5 Å². The van der Waals surface area contributed by atoms with E-state index in [-0.39, 0.29) is 5.54 Å². The fourth-order valence-corrected chi connectivity index (χ4v) is 6.25. The van der Waals surface area contributed by atoms with Gasteiger partial charge in [-0.15, -0.1) is 0 Å². The van der Waals surface area contributed by atoms with E-state index in [4.69, 9.17) is 0 Å². The second-order valence-electron chi connectivity index (χ2n) is 8.95. The number of rotatable bonds is 3. The van der Waals surface area contributed by atoms with Crippen molar-refractivity contribution in [3.63, 3.8) is 0 Å². The summed E-state index contributed by atoms with van der Waals surface area (Å²) in [6.07, 6.45) is 3.31. The van der Waals surface area contributed by atoms with Gasteiger partial charge < -0.3 is 5.32 Å². The first-order chi connectivity index (χ1) is 13.7. The van der Waals surface area contributed by atoms with Gasteiger partial charge in [0.15, 0.2) is 0 Å². The summed E-state index contributed by atoms with van der Waals surface area (Å²) in [4.78, 5) is 17.3. The zero-order valence-corrected chi connectivity index (χ0v) is 15.5. The minimum atomic E-state index is -4.61. The Morgan fingerprint density at radius 1 is 1.17 bits per heavy atom. The molecule has 4 saturated carbocycles. The normalized spacial score (nSPS) is 33.1. The molecule has 4 bridgehead atoms. The quantitative estimate of drug-likeness (QED) is 0.768. The predicted molar refractivity (Wildman–Crippen MR) is 95.1 cm³/mol. The van der Waals surface area contributed by atoms with Crippen LogP contribution < -0.4 is 5.32 Å². The molecule has 4 aliphatic rings. The zero-order chi connectivity index (χ0) is 20.4. The molecule has 1 heterocycles. The SMILES string of the molecule is O=C(Nc1cc(C(F)(F)F)ccc1F)C12C[C@H]3C[C@@H](C1)CC(n1cncn1)(C3)C2. The minimum Gasteiger partial charge on any atom is -0.323 e. The molecule has 4 atom stereocenters. The van der Waals surface area contributed by atoms with Crippen LogP contribution in [0.1, 0.15) is 44.1 Å². The highest BCUT2D eigenvalue weighted by Gasteiger charge is 2.61. The molecule has 2 unspecified atom stereocenters. The summed E-state index contributed by atoms with van der Waals surface area (Å²) >= 11 is 0. The average molecular weight is 408 g/mol. The van der Waals surface area contributed by atoms with Crippen LogP contribution in [0.4, 0.5) is 23.2 Å². The van der Waals surface area contributed by atoms with Crippen LogP contribution >= 0.6 is 0 Å². The first kappa shape index (κ1) is 18.6. The Hall–Kier alpha value is -2.45. The van der Waals surface area contributed by atoms with Crippen molar-refractivity contribution in [2.45, 2.75) is 50.2 Å². The number of amides is 1. The second kappa shape index (κ2) is 6.03. The monoisotopic (exact) mass is 408 g/mol. The second-order valence-corrected chi connectivity index (χ2v) is 8.95. The van der Waals surface area contributed by atoms with Crippen LogP contribution in [-0.4, -0.2) is 20.7 Å². The number of carbonyl (C=O) groups excluding carboxylic acids is 1. The molecule has 0 spiro atoms. The molecule has 4 fully saturated rings. The van der Waals surface area contributed by atoms with Gasteiger partial charge in [-0.1, -0.05) is 0 Å². The molecule has 1 aromatic carbocycles. The smallest absolute Gasteiger partial charge is 0.323 e. The summed E-state index contributed by atoms with van der Waals surface area (Å²) in [5, 5.41) is 6.81. The van der Waals surface area contributed by atoms with Crippen molar-refractivity contribution in [3.8, 4) is 0 Å². The molecule has 1 aromatic heterocycles. The molecule has 4 aliphatic carbocycles. The first-order valence-electron chi connectivity index (χ1n) is 9.73. The molecule has 154 valence electrons. The number of carbonyl (C=O) groups is 1. The van der Waals surface area contributed by atoms with Gasteiger partial charge in [-0.05, 0) is 68.6 Å². The molecule has 9 heteroatoms. The Labute approximate surface area is 164 Å². The van der Waals surface area contributed by atoms with Crippen molar-refractivity contribution in [2.75, 3.05) is 5.32 Å². The lowest BCUT2D eigenvalue weighted by atomic mass is 9.46. The van der Waals surface area contributed by atoms with E-state index in [2.05, 4.69) is 15.4 Å². The van der Waals surface area contributed by atoms with Crippen molar-refractivity contribution in [1.29, 1.82) is 0 Å². The third-order valence-electron chi connectivity index (χ3n) is 6.96.